The van der Waals surface area contributed by atoms with E-state index in [2.05, 4.69) is 10.3 Å². The van der Waals surface area contributed by atoms with E-state index in [1.165, 1.54) is 30.1 Å². The number of likely N-dealkylation sites (tertiary alicyclic amines) is 1. The molecule has 3 rings (SSSR count). The number of aliphatic hydroxyl groups excluding tert-OH is 1. The number of hydrogen-bond donors (Lipinski definition) is 2. The minimum atomic E-state index is -0.961. The van der Waals surface area contributed by atoms with Crippen LogP contribution in [0.15, 0.2) is 5.38 Å². The molecule has 0 aliphatic carbocycles. The van der Waals surface area contributed by atoms with Gasteiger partial charge in [-0.05, 0) is 6.42 Å². The number of esters is 1. The second kappa shape index (κ2) is 8.09. The number of nitrogens with one attached hydrogen (secondary N) is 1. The van der Waals surface area contributed by atoms with E-state index >= 15 is 0 Å². The first-order valence-electron chi connectivity index (χ1n) is 8.64. The van der Waals surface area contributed by atoms with Crippen molar-refractivity contribution in [1.82, 2.24) is 15.2 Å². The number of aliphatic hydroxyl groups is 1. The first kappa shape index (κ1) is 19.4. The van der Waals surface area contributed by atoms with Gasteiger partial charge in [-0.2, -0.15) is 0 Å². The lowest BCUT2D eigenvalue weighted by Gasteiger charge is -2.35. The maximum absolute atomic E-state index is 12.4. The number of ether oxygens (including phenoxy) is 2. The summed E-state index contributed by atoms with van der Waals surface area (Å²) >= 11 is 1.36. The van der Waals surface area contributed by atoms with Crippen molar-refractivity contribution in [2.45, 2.75) is 38.7 Å². The molecule has 27 heavy (non-hydrogen) atoms. The summed E-state index contributed by atoms with van der Waals surface area (Å²) in [5, 5.41) is 14.6. The van der Waals surface area contributed by atoms with Crippen molar-refractivity contribution < 1.29 is 29.0 Å². The fourth-order valence-corrected chi connectivity index (χ4v) is 3.73. The van der Waals surface area contributed by atoms with Crippen molar-refractivity contribution in [3.63, 3.8) is 0 Å². The number of aromatic nitrogens is 1. The van der Waals surface area contributed by atoms with Crippen LogP contribution in [0, 0.1) is 0 Å². The Balaban J connectivity index is 1.46. The monoisotopic (exact) mass is 398 g/mol. The highest BCUT2D eigenvalue weighted by atomic mass is 32.1. The average molecular weight is 398 g/mol. The molecule has 1 aromatic heterocycles. The Morgan fingerprint density at radius 1 is 1.33 bits per heavy atom. The summed E-state index contributed by atoms with van der Waals surface area (Å²) in [6, 6.07) is -0.204. The van der Waals surface area contributed by atoms with Crippen LogP contribution in [0.5, 0.6) is 0 Å². The third kappa shape index (κ3) is 4.86. The van der Waals surface area contributed by atoms with Gasteiger partial charge in [0.25, 0.3) is 5.91 Å². The number of hydrogen-bond acceptors (Lipinski definition) is 9. The molecule has 0 bridgehead atoms. The van der Waals surface area contributed by atoms with Gasteiger partial charge in [-0.1, -0.05) is 0 Å². The molecule has 0 aromatic carbocycles. The number of amides is 2. The summed E-state index contributed by atoms with van der Waals surface area (Å²) in [5.74, 6) is -0.829. The Hall–Kier alpha value is -2.40. The zero-order valence-corrected chi connectivity index (χ0v) is 15.9. The molecule has 2 aliphatic rings. The van der Waals surface area contributed by atoms with Gasteiger partial charge in [0.2, 0.25) is 6.29 Å². The molecule has 11 heteroatoms. The van der Waals surface area contributed by atoms with E-state index in [0.29, 0.717) is 43.4 Å². The molecule has 10 nitrogen and oxygen atoms in total. The van der Waals surface area contributed by atoms with Crippen LogP contribution in [0.4, 0.5) is 9.93 Å². The Labute approximate surface area is 160 Å². The van der Waals surface area contributed by atoms with Crippen LogP contribution in [0.3, 0.4) is 0 Å². The zero-order valence-electron chi connectivity index (χ0n) is 15.1. The summed E-state index contributed by atoms with van der Waals surface area (Å²) in [5.41, 5.74) is 0.320. The Kier molecular flexibility index (Phi) is 5.80. The predicted molar refractivity (Wildman–Crippen MR) is 95.5 cm³/mol. The van der Waals surface area contributed by atoms with E-state index in [1.807, 2.05) is 4.90 Å². The molecule has 2 atom stereocenters. The maximum atomic E-state index is 12.4. The minimum absolute atomic E-state index is 0.204. The third-order valence-corrected chi connectivity index (χ3v) is 5.14. The molecule has 2 saturated heterocycles. The van der Waals surface area contributed by atoms with Crippen LogP contribution >= 0.6 is 11.3 Å². The topological polar surface area (TPSA) is 121 Å². The molecular formula is C16H22N4O6S. The van der Waals surface area contributed by atoms with Crippen molar-refractivity contribution >= 4 is 34.4 Å². The van der Waals surface area contributed by atoms with Crippen LogP contribution in [0.2, 0.25) is 0 Å². The van der Waals surface area contributed by atoms with Gasteiger partial charge < -0.3 is 29.7 Å². The standard InChI is InChI=1S/C16H22N4O6S/c1-9(21)25-10(2)26-16(24)19-4-3-11(5-19)17-14(23)13-8-27-15(18-13)20-6-12(22)7-20/h8,10-12,22H,3-7H2,1-2H3,(H,17,23)/t10-,11-/m0/s1. The molecule has 1 aromatic rings. The maximum Gasteiger partial charge on any atom is 0.412 e. The summed E-state index contributed by atoms with van der Waals surface area (Å²) in [6.07, 6.45) is -1.29. The number of thiazole rings is 1. The zero-order chi connectivity index (χ0) is 19.6. The highest BCUT2D eigenvalue weighted by Crippen LogP contribution is 2.25. The van der Waals surface area contributed by atoms with Gasteiger partial charge in [0.1, 0.15) is 5.69 Å². The van der Waals surface area contributed by atoms with E-state index in [1.54, 1.807) is 5.38 Å². The van der Waals surface area contributed by atoms with E-state index < -0.39 is 18.4 Å². The lowest BCUT2D eigenvalue weighted by Crippen LogP contribution is -2.50. The van der Waals surface area contributed by atoms with Crippen LogP contribution < -0.4 is 10.2 Å². The third-order valence-electron chi connectivity index (χ3n) is 4.24. The van der Waals surface area contributed by atoms with Gasteiger partial charge >= 0.3 is 12.1 Å². The van der Waals surface area contributed by atoms with E-state index in [9.17, 15) is 19.5 Å². The van der Waals surface area contributed by atoms with Crippen molar-refractivity contribution in [1.29, 1.82) is 0 Å². The summed E-state index contributed by atoms with van der Waals surface area (Å²) in [6.45, 7) is 4.50. The fourth-order valence-electron chi connectivity index (χ4n) is 2.90. The summed E-state index contributed by atoms with van der Waals surface area (Å²) in [4.78, 5) is 42.9. The minimum Gasteiger partial charge on any atom is -0.426 e. The number of nitrogens with zero attached hydrogens (tertiary/aromatic N) is 3. The average Bonchev–Trinajstić information content (AvgIpc) is 3.20. The van der Waals surface area contributed by atoms with Crippen LogP contribution in [-0.4, -0.2) is 77.6 Å². The van der Waals surface area contributed by atoms with E-state index in [4.69, 9.17) is 9.47 Å². The molecular weight excluding hydrogens is 376 g/mol. The van der Waals surface area contributed by atoms with Crippen LogP contribution in [0.1, 0.15) is 30.8 Å². The van der Waals surface area contributed by atoms with Gasteiger partial charge in [0.05, 0.1) is 6.10 Å². The first-order chi connectivity index (χ1) is 12.8. The number of β-amino-alcohol motifs (C(OH)–C–C–N with tert-alkyl or cyclic N) is 1. The highest BCUT2D eigenvalue weighted by molar-refractivity contribution is 7.14. The summed E-state index contributed by atoms with van der Waals surface area (Å²) in [7, 11) is 0. The van der Waals surface area contributed by atoms with Gasteiger partial charge in [0, 0.05) is 51.4 Å². The molecule has 2 aliphatic heterocycles. The van der Waals surface area contributed by atoms with Crippen molar-refractivity contribution in [2.24, 2.45) is 0 Å². The van der Waals surface area contributed by atoms with E-state index in [-0.39, 0.29) is 18.1 Å². The molecule has 3 heterocycles. The lowest BCUT2D eigenvalue weighted by molar-refractivity contribution is -0.163. The number of rotatable bonds is 5. The van der Waals surface area contributed by atoms with Crippen molar-refractivity contribution in [2.75, 3.05) is 31.1 Å². The lowest BCUT2D eigenvalue weighted by atomic mass is 10.2. The quantitative estimate of drug-likeness (QED) is 0.532. The van der Waals surface area contributed by atoms with E-state index in [0.717, 1.165) is 0 Å². The molecule has 2 fully saturated rings. The van der Waals surface area contributed by atoms with Crippen LogP contribution in [-0.2, 0) is 14.3 Å². The normalized spacial score (nSPS) is 20.8. The first-order valence-corrected chi connectivity index (χ1v) is 9.52. The molecule has 0 spiro atoms. The SMILES string of the molecule is CC(=O)O[C@H](C)OC(=O)N1CC[C@H](NC(=O)c2csc(N3CC(O)C3)n2)C1. The van der Waals surface area contributed by atoms with Crippen molar-refractivity contribution in [3.05, 3.63) is 11.1 Å². The predicted octanol–water partition coefficient (Wildman–Crippen LogP) is 0.174. The Morgan fingerprint density at radius 2 is 2.07 bits per heavy atom. The highest BCUT2D eigenvalue weighted by Gasteiger charge is 2.31. The second-order valence-electron chi connectivity index (χ2n) is 6.54. The molecule has 0 radical (unpaired) electrons. The largest absolute Gasteiger partial charge is 0.426 e. The number of carbonyl (C=O) groups excluding carboxylic acids is 3. The van der Waals surface area contributed by atoms with Gasteiger partial charge in [-0.15, -0.1) is 11.3 Å². The number of carbonyl (C=O) groups is 3. The molecule has 148 valence electrons. The Morgan fingerprint density at radius 3 is 2.74 bits per heavy atom. The van der Waals surface area contributed by atoms with Gasteiger partial charge in [-0.25, -0.2) is 9.78 Å². The smallest absolute Gasteiger partial charge is 0.412 e. The van der Waals surface area contributed by atoms with Gasteiger partial charge in [-0.3, -0.25) is 9.59 Å². The Bertz CT molecular complexity index is 720. The molecule has 2 amide bonds. The molecule has 2 N–H and O–H groups in total. The van der Waals surface area contributed by atoms with Gasteiger partial charge in [0.15, 0.2) is 5.13 Å². The second-order valence-corrected chi connectivity index (χ2v) is 7.38. The molecule has 0 saturated carbocycles. The number of anilines is 1. The van der Waals surface area contributed by atoms with Crippen LogP contribution in [0.25, 0.3) is 0 Å². The fraction of sp³-hybridized carbons (Fsp3) is 0.625. The summed E-state index contributed by atoms with van der Waals surface area (Å²) < 4.78 is 9.80. The van der Waals surface area contributed by atoms with Crippen molar-refractivity contribution in [3.8, 4) is 0 Å². The molecule has 0 unspecified atom stereocenters.